The molecule has 3 heteroatoms. The molecule has 0 unspecified atom stereocenters. The predicted octanol–water partition coefficient (Wildman–Crippen LogP) is 4.79. The summed E-state index contributed by atoms with van der Waals surface area (Å²) in [7, 11) is 0. The minimum Gasteiger partial charge on any atom is -0.488 e. The van der Waals surface area contributed by atoms with E-state index in [1.807, 2.05) is 36.4 Å². The first-order chi connectivity index (χ1) is 10.8. The molecule has 0 atom stereocenters. The quantitative estimate of drug-likeness (QED) is 0.734. The maximum absolute atomic E-state index is 9.38. The second-order valence-corrected chi connectivity index (χ2v) is 6.16. The van der Waals surface area contributed by atoms with E-state index in [9.17, 15) is 5.11 Å². The van der Waals surface area contributed by atoms with Crippen LogP contribution in [0.2, 0.25) is 0 Å². The molecule has 0 aliphatic heterocycles. The van der Waals surface area contributed by atoms with Gasteiger partial charge in [0.15, 0.2) is 0 Å². The van der Waals surface area contributed by atoms with Gasteiger partial charge in [0.05, 0.1) is 6.61 Å². The van der Waals surface area contributed by atoms with E-state index in [1.54, 1.807) is 11.3 Å². The maximum Gasteiger partial charge on any atom is 0.128 e. The van der Waals surface area contributed by atoms with Crippen molar-refractivity contribution in [1.29, 1.82) is 0 Å². The summed E-state index contributed by atoms with van der Waals surface area (Å²) in [6, 6.07) is 18.1. The minimum atomic E-state index is 0.0380. The Labute approximate surface area is 134 Å². The fourth-order valence-corrected chi connectivity index (χ4v) is 3.22. The van der Waals surface area contributed by atoms with Gasteiger partial charge in [-0.15, -0.1) is 11.3 Å². The largest absolute Gasteiger partial charge is 0.488 e. The Kier molecular flexibility index (Phi) is 4.56. The molecule has 3 rings (SSSR count). The van der Waals surface area contributed by atoms with E-state index >= 15 is 0 Å². The van der Waals surface area contributed by atoms with Crippen LogP contribution in [0.4, 0.5) is 0 Å². The molecule has 1 aromatic heterocycles. The number of ether oxygens (including phenoxy) is 1. The van der Waals surface area contributed by atoms with Gasteiger partial charge in [0.1, 0.15) is 12.4 Å². The second-order valence-electron chi connectivity index (χ2n) is 5.25. The summed E-state index contributed by atoms with van der Waals surface area (Å²) in [5.74, 6) is 0.850. The zero-order valence-electron chi connectivity index (χ0n) is 12.5. The van der Waals surface area contributed by atoms with Gasteiger partial charge in [-0.1, -0.05) is 36.4 Å². The summed E-state index contributed by atoms with van der Waals surface area (Å²) in [4.78, 5) is 1.16. The van der Waals surface area contributed by atoms with Gasteiger partial charge in [0.2, 0.25) is 0 Å². The molecule has 2 nitrogen and oxygen atoms in total. The number of thiophene rings is 1. The van der Waals surface area contributed by atoms with Crippen molar-refractivity contribution in [3.05, 3.63) is 76.7 Å². The Morgan fingerprint density at radius 1 is 1.00 bits per heavy atom. The minimum absolute atomic E-state index is 0.0380. The number of rotatable bonds is 5. The molecule has 0 amide bonds. The molecule has 22 heavy (non-hydrogen) atoms. The van der Waals surface area contributed by atoms with Gasteiger partial charge < -0.3 is 9.84 Å². The highest BCUT2D eigenvalue weighted by molar-refractivity contribution is 7.13. The SMILES string of the molecule is Cc1csc(-c2cc(CO)ccc2OCc2ccccc2)c1. The third-order valence-corrected chi connectivity index (χ3v) is 4.54. The van der Waals surface area contributed by atoms with Crippen molar-refractivity contribution in [2.45, 2.75) is 20.1 Å². The monoisotopic (exact) mass is 310 g/mol. The van der Waals surface area contributed by atoms with Crippen molar-refractivity contribution in [3.8, 4) is 16.2 Å². The second kappa shape index (κ2) is 6.77. The molecule has 1 heterocycles. The van der Waals surface area contributed by atoms with Gasteiger partial charge in [-0.3, -0.25) is 0 Å². The summed E-state index contributed by atoms with van der Waals surface area (Å²) >= 11 is 1.70. The van der Waals surface area contributed by atoms with Crippen molar-refractivity contribution in [1.82, 2.24) is 0 Å². The summed E-state index contributed by atoms with van der Waals surface area (Å²) < 4.78 is 6.01. The van der Waals surface area contributed by atoms with Crippen LogP contribution in [-0.2, 0) is 13.2 Å². The normalized spacial score (nSPS) is 10.6. The lowest BCUT2D eigenvalue weighted by Gasteiger charge is -2.12. The van der Waals surface area contributed by atoms with Gasteiger partial charge in [0, 0.05) is 10.4 Å². The molecule has 0 saturated heterocycles. The number of hydrogen-bond donors (Lipinski definition) is 1. The third kappa shape index (κ3) is 3.38. The number of hydrogen-bond acceptors (Lipinski definition) is 3. The maximum atomic E-state index is 9.38. The Hall–Kier alpha value is -2.10. The molecule has 0 saturated carbocycles. The van der Waals surface area contributed by atoms with E-state index in [1.165, 1.54) is 5.56 Å². The highest BCUT2D eigenvalue weighted by atomic mass is 32.1. The molecule has 3 aromatic rings. The Balaban J connectivity index is 1.89. The van der Waals surface area contributed by atoms with Crippen LogP contribution >= 0.6 is 11.3 Å². The fraction of sp³-hybridized carbons (Fsp3) is 0.158. The first kappa shape index (κ1) is 14.8. The standard InChI is InChI=1S/C19H18O2S/c1-14-9-19(22-13-14)17-10-16(11-20)7-8-18(17)21-12-15-5-3-2-4-6-15/h2-10,13,20H,11-12H2,1H3. The Morgan fingerprint density at radius 2 is 1.82 bits per heavy atom. The smallest absolute Gasteiger partial charge is 0.128 e. The molecule has 0 radical (unpaired) electrons. The van der Waals surface area contributed by atoms with E-state index < -0.39 is 0 Å². The van der Waals surface area contributed by atoms with E-state index in [0.29, 0.717) is 6.61 Å². The van der Waals surface area contributed by atoms with Crippen LogP contribution in [0.5, 0.6) is 5.75 Å². The molecule has 0 aliphatic carbocycles. The highest BCUT2D eigenvalue weighted by Crippen LogP contribution is 2.35. The number of aliphatic hydroxyl groups is 1. The van der Waals surface area contributed by atoms with Crippen LogP contribution in [0.25, 0.3) is 10.4 Å². The molecule has 0 aliphatic rings. The number of aliphatic hydroxyl groups excluding tert-OH is 1. The Morgan fingerprint density at radius 3 is 2.50 bits per heavy atom. The van der Waals surface area contributed by atoms with Crippen molar-refractivity contribution in [2.75, 3.05) is 0 Å². The average Bonchev–Trinajstić information content (AvgIpc) is 3.00. The van der Waals surface area contributed by atoms with Crippen LogP contribution in [-0.4, -0.2) is 5.11 Å². The lowest BCUT2D eigenvalue weighted by atomic mass is 10.1. The predicted molar refractivity (Wildman–Crippen MR) is 91.2 cm³/mol. The van der Waals surface area contributed by atoms with Crippen LogP contribution in [0.1, 0.15) is 16.7 Å². The summed E-state index contributed by atoms with van der Waals surface area (Å²) in [6.07, 6.45) is 0. The van der Waals surface area contributed by atoms with Crippen molar-refractivity contribution >= 4 is 11.3 Å². The molecule has 0 spiro atoms. The number of aryl methyl sites for hydroxylation is 1. The van der Waals surface area contributed by atoms with E-state index in [4.69, 9.17) is 4.74 Å². The van der Waals surface area contributed by atoms with Crippen LogP contribution in [0.3, 0.4) is 0 Å². The van der Waals surface area contributed by atoms with Gasteiger partial charge in [-0.05, 0) is 47.2 Å². The fourth-order valence-electron chi connectivity index (χ4n) is 2.30. The topological polar surface area (TPSA) is 29.5 Å². The highest BCUT2D eigenvalue weighted by Gasteiger charge is 2.10. The van der Waals surface area contributed by atoms with Gasteiger partial charge in [0.25, 0.3) is 0 Å². The van der Waals surface area contributed by atoms with Gasteiger partial charge >= 0.3 is 0 Å². The Bertz CT molecular complexity index is 747. The van der Waals surface area contributed by atoms with Crippen LogP contribution in [0, 0.1) is 6.92 Å². The summed E-state index contributed by atoms with van der Waals surface area (Å²) in [5.41, 5.74) is 4.32. The molecule has 0 fully saturated rings. The molecule has 2 aromatic carbocycles. The molecular formula is C19H18O2S. The van der Waals surface area contributed by atoms with E-state index in [0.717, 1.165) is 27.3 Å². The van der Waals surface area contributed by atoms with E-state index in [-0.39, 0.29) is 6.61 Å². The lowest BCUT2D eigenvalue weighted by Crippen LogP contribution is -1.97. The molecule has 0 bridgehead atoms. The van der Waals surface area contributed by atoms with Crippen molar-refractivity contribution in [2.24, 2.45) is 0 Å². The first-order valence-electron chi connectivity index (χ1n) is 7.22. The molecule has 1 N–H and O–H groups in total. The molecule has 112 valence electrons. The zero-order valence-corrected chi connectivity index (χ0v) is 13.3. The zero-order chi connectivity index (χ0) is 15.4. The van der Waals surface area contributed by atoms with Crippen molar-refractivity contribution in [3.63, 3.8) is 0 Å². The van der Waals surface area contributed by atoms with Gasteiger partial charge in [-0.25, -0.2) is 0 Å². The number of benzene rings is 2. The van der Waals surface area contributed by atoms with E-state index in [2.05, 4.69) is 30.5 Å². The average molecular weight is 310 g/mol. The summed E-state index contributed by atoms with van der Waals surface area (Å²) in [6.45, 7) is 2.66. The summed E-state index contributed by atoms with van der Waals surface area (Å²) in [5, 5.41) is 11.5. The van der Waals surface area contributed by atoms with Crippen LogP contribution < -0.4 is 4.74 Å². The van der Waals surface area contributed by atoms with Crippen molar-refractivity contribution < 1.29 is 9.84 Å². The van der Waals surface area contributed by atoms with Crippen LogP contribution in [0.15, 0.2) is 60.0 Å². The van der Waals surface area contributed by atoms with Gasteiger partial charge in [-0.2, -0.15) is 0 Å². The first-order valence-corrected chi connectivity index (χ1v) is 8.10. The third-order valence-electron chi connectivity index (χ3n) is 3.46. The molecular weight excluding hydrogens is 292 g/mol. The lowest BCUT2D eigenvalue weighted by molar-refractivity contribution is 0.281.